The van der Waals surface area contributed by atoms with E-state index in [1.807, 2.05) is 0 Å². The van der Waals surface area contributed by atoms with Crippen molar-refractivity contribution in [2.45, 2.75) is 18.6 Å². The Hall–Kier alpha value is -1.03. The molecule has 1 unspecified atom stereocenters. The van der Waals surface area contributed by atoms with Crippen molar-refractivity contribution in [2.24, 2.45) is 0 Å². The predicted octanol–water partition coefficient (Wildman–Crippen LogP) is 2.74. The van der Waals surface area contributed by atoms with Gasteiger partial charge in [-0.3, -0.25) is 0 Å². The second kappa shape index (κ2) is 3.28. The lowest BCUT2D eigenvalue weighted by molar-refractivity contribution is -0.137. The summed E-state index contributed by atoms with van der Waals surface area (Å²) in [5, 5.41) is 3.14. The van der Waals surface area contributed by atoms with Crippen molar-refractivity contribution in [1.82, 2.24) is 5.32 Å². The van der Waals surface area contributed by atoms with Crippen LogP contribution >= 0.6 is 0 Å². The molecule has 0 amide bonds. The summed E-state index contributed by atoms with van der Waals surface area (Å²) in [6, 6.07) is 5.60. The number of rotatable bonds is 1. The maximum absolute atomic E-state index is 12.2. The molecule has 0 spiro atoms. The highest BCUT2D eigenvalue weighted by molar-refractivity contribution is 5.27. The fourth-order valence-electron chi connectivity index (χ4n) is 1.48. The van der Waals surface area contributed by atoms with Crippen LogP contribution in [-0.4, -0.2) is 6.54 Å². The lowest BCUT2D eigenvalue weighted by Crippen LogP contribution is -2.34. The summed E-state index contributed by atoms with van der Waals surface area (Å²) in [4.78, 5) is 0. The van der Waals surface area contributed by atoms with Crippen LogP contribution in [0.25, 0.3) is 0 Å². The van der Waals surface area contributed by atoms with E-state index in [4.69, 9.17) is 0 Å². The molecule has 1 atom stereocenters. The van der Waals surface area contributed by atoms with Crippen molar-refractivity contribution < 1.29 is 13.2 Å². The number of hydrogen-bond acceptors (Lipinski definition) is 1. The molecule has 76 valence electrons. The van der Waals surface area contributed by atoms with E-state index in [2.05, 4.69) is 5.32 Å². The van der Waals surface area contributed by atoms with Crippen LogP contribution in [0.4, 0.5) is 13.2 Å². The Morgan fingerprint density at radius 1 is 1.14 bits per heavy atom. The average molecular weight is 201 g/mol. The molecule has 1 saturated heterocycles. The minimum atomic E-state index is -4.23. The highest BCUT2D eigenvalue weighted by atomic mass is 19.4. The summed E-state index contributed by atoms with van der Waals surface area (Å²) >= 11 is 0. The molecule has 1 fully saturated rings. The van der Waals surface area contributed by atoms with Crippen molar-refractivity contribution in [3.8, 4) is 0 Å². The lowest BCUT2D eigenvalue weighted by atomic mass is 9.97. The summed E-state index contributed by atoms with van der Waals surface area (Å²) < 4.78 is 36.6. The molecule has 1 nitrogen and oxygen atoms in total. The third kappa shape index (κ3) is 1.75. The zero-order chi connectivity index (χ0) is 10.2. The van der Waals surface area contributed by atoms with Crippen LogP contribution in [0.5, 0.6) is 0 Å². The third-order valence-corrected chi connectivity index (χ3v) is 2.46. The Morgan fingerprint density at radius 2 is 1.71 bits per heavy atom. The van der Waals surface area contributed by atoms with Crippen LogP contribution in [0.1, 0.15) is 23.6 Å². The summed E-state index contributed by atoms with van der Waals surface area (Å²) in [5.41, 5.74) is 0.352. The van der Waals surface area contributed by atoms with Gasteiger partial charge in [0.25, 0.3) is 0 Å². The first kappa shape index (κ1) is 9.52. The van der Waals surface area contributed by atoms with Gasteiger partial charge in [-0.15, -0.1) is 0 Å². The van der Waals surface area contributed by atoms with E-state index in [0.717, 1.165) is 30.7 Å². The van der Waals surface area contributed by atoms with Gasteiger partial charge in [-0.2, -0.15) is 13.2 Å². The van der Waals surface area contributed by atoms with Crippen LogP contribution in [0.2, 0.25) is 0 Å². The van der Waals surface area contributed by atoms with Crippen molar-refractivity contribution in [3.63, 3.8) is 0 Å². The maximum Gasteiger partial charge on any atom is 0.416 e. The Balaban J connectivity index is 2.17. The molecular formula is C10H10F3N. The van der Waals surface area contributed by atoms with Crippen molar-refractivity contribution in [2.75, 3.05) is 6.54 Å². The van der Waals surface area contributed by atoms with Gasteiger partial charge in [0, 0.05) is 6.04 Å². The van der Waals surface area contributed by atoms with Gasteiger partial charge in [0.05, 0.1) is 5.56 Å². The first-order chi connectivity index (χ1) is 6.57. The molecule has 1 aromatic carbocycles. The molecule has 2 rings (SSSR count). The van der Waals surface area contributed by atoms with E-state index in [-0.39, 0.29) is 6.04 Å². The van der Waals surface area contributed by atoms with Crippen LogP contribution in [0.15, 0.2) is 24.3 Å². The lowest BCUT2D eigenvalue weighted by Gasteiger charge is -2.28. The standard InChI is InChI=1S/C10H10F3N/c11-10(12,13)8-3-1-7(2-4-8)9-5-6-14-9/h1-4,9,14H,5-6H2. The maximum atomic E-state index is 12.2. The second-order valence-electron chi connectivity index (χ2n) is 3.42. The normalized spacial score (nSPS) is 21.8. The van der Waals surface area contributed by atoms with Gasteiger partial charge < -0.3 is 5.32 Å². The molecule has 0 radical (unpaired) electrons. The molecule has 1 aliphatic rings. The number of nitrogens with one attached hydrogen (secondary N) is 1. The van der Waals surface area contributed by atoms with Gasteiger partial charge >= 0.3 is 6.18 Å². The molecule has 1 N–H and O–H groups in total. The Morgan fingerprint density at radius 3 is 2.07 bits per heavy atom. The van der Waals surface area contributed by atoms with E-state index in [0.29, 0.717) is 0 Å². The number of halogens is 3. The minimum absolute atomic E-state index is 0.247. The number of alkyl halides is 3. The minimum Gasteiger partial charge on any atom is -0.310 e. The number of benzene rings is 1. The van der Waals surface area contributed by atoms with Gasteiger partial charge in [-0.05, 0) is 30.7 Å². The SMILES string of the molecule is FC(F)(F)c1ccc(C2CCN2)cc1. The van der Waals surface area contributed by atoms with E-state index >= 15 is 0 Å². The van der Waals surface area contributed by atoms with Gasteiger partial charge in [0.15, 0.2) is 0 Å². The van der Waals surface area contributed by atoms with Gasteiger partial charge in [0.1, 0.15) is 0 Å². The summed E-state index contributed by atoms with van der Waals surface area (Å²) in [5.74, 6) is 0. The molecular weight excluding hydrogens is 191 g/mol. The highest BCUT2D eigenvalue weighted by Gasteiger charge is 2.30. The van der Waals surface area contributed by atoms with Crippen molar-refractivity contribution in [1.29, 1.82) is 0 Å². The summed E-state index contributed by atoms with van der Waals surface area (Å²) in [7, 11) is 0. The second-order valence-corrected chi connectivity index (χ2v) is 3.42. The summed E-state index contributed by atoms with van der Waals surface area (Å²) in [6.07, 6.45) is -3.23. The Bertz CT molecular complexity index is 311. The van der Waals surface area contributed by atoms with Gasteiger partial charge in [-0.25, -0.2) is 0 Å². The third-order valence-electron chi connectivity index (χ3n) is 2.46. The van der Waals surface area contributed by atoms with Crippen LogP contribution in [0, 0.1) is 0 Å². The zero-order valence-corrected chi connectivity index (χ0v) is 7.43. The average Bonchev–Trinajstić information content (AvgIpc) is 2.00. The van der Waals surface area contributed by atoms with Crippen LogP contribution in [0.3, 0.4) is 0 Å². The van der Waals surface area contributed by atoms with Gasteiger partial charge in [-0.1, -0.05) is 12.1 Å². The molecule has 0 saturated carbocycles. The van der Waals surface area contributed by atoms with Crippen LogP contribution < -0.4 is 5.32 Å². The van der Waals surface area contributed by atoms with E-state index in [1.54, 1.807) is 12.1 Å². The fourth-order valence-corrected chi connectivity index (χ4v) is 1.48. The Labute approximate surface area is 79.9 Å². The Kier molecular flexibility index (Phi) is 2.23. The monoisotopic (exact) mass is 201 g/mol. The largest absolute Gasteiger partial charge is 0.416 e. The van der Waals surface area contributed by atoms with Gasteiger partial charge in [0.2, 0.25) is 0 Å². The summed E-state index contributed by atoms with van der Waals surface area (Å²) in [6.45, 7) is 0.950. The zero-order valence-electron chi connectivity index (χ0n) is 7.43. The topological polar surface area (TPSA) is 12.0 Å². The first-order valence-electron chi connectivity index (χ1n) is 4.48. The molecule has 1 heterocycles. The molecule has 1 aliphatic heterocycles. The molecule has 0 aromatic heterocycles. The quantitative estimate of drug-likeness (QED) is 0.736. The van der Waals surface area contributed by atoms with Crippen molar-refractivity contribution >= 4 is 0 Å². The van der Waals surface area contributed by atoms with Crippen LogP contribution in [-0.2, 0) is 6.18 Å². The number of hydrogen-bond donors (Lipinski definition) is 1. The fraction of sp³-hybridized carbons (Fsp3) is 0.400. The van der Waals surface area contributed by atoms with E-state index in [9.17, 15) is 13.2 Å². The highest BCUT2D eigenvalue weighted by Crippen LogP contribution is 2.31. The predicted molar refractivity (Wildman–Crippen MR) is 46.8 cm³/mol. The van der Waals surface area contributed by atoms with E-state index < -0.39 is 11.7 Å². The molecule has 1 aromatic rings. The van der Waals surface area contributed by atoms with E-state index in [1.165, 1.54) is 0 Å². The molecule has 4 heteroatoms. The molecule has 0 bridgehead atoms. The smallest absolute Gasteiger partial charge is 0.310 e. The first-order valence-corrected chi connectivity index (χ1v) is 4.48. The van der Waals surface area contributed by atoms with Crippen molar-refractivity contribution in [3.05, 3.63) is 35.4 Å². The molecule has 14 heavy (non-hydrogen) atoms. The molecule has 0 aliphatic carbocycles.